The van der Waals surface area contributed by atoms with Crippen LogP contribution in [0.2, 0.25) is 0 Å². The predicted octanol–water partition coefficient (Wildman–Crippen LogP) is 2.44. The Morgan fingerprint density at radius 3 is 3.13 bits per heavy atom. The summed E-state index contributed by atoms with van der Waals surface area (Å²) in [6, 6.07) is 3.89. The van der Waals surface area contributed by atoms with Crippen LogP contribution in [-0.4, -0.2) is 18.1 Å². The molecule has 0 aliphatic rings. The number of hydrogen-bond acceptors (Lipinski definition) is 3. The molecule has 1 rings (SSSR count). The van der Waals surface area contributed by atoms with E-state index in [9.17, 15) is 4.79 Å². The lowest BCUT2D eigenvalue weighted by Crippen LogP contribution is -1.98. The number of pyridine rings is 1. The average molecular weight is 205 g/mol. The molecule has 0 amide bonds. The van der Waals surface area contributed by atoms with Gasteiger partial charge in [-0.15, -0.1) is 0 Å². The second kappa shape index (κ2) is 6.76. The minimum Gasteiger partial charge on any atom is -0.469 e. The normalized spacial score (nSPS) is 10.5. The van der Waals surface area contributed by atoms with E-state index in [0.717, 1.165) is 18.4 Å². The van der Waals surface area contributed by atoms with Crippen molar-refractivity contribution in [1.29, 1.82) is 0 Å². The highest BCUT2D eigenvalue weighted by molar-refractivity contribution is 5.69. The Labute approximate surface area is 89.8 Å². The lowest BCUT2D eigenvalue weighted by molar-refractivity contribution is -0.140. The highest BCUT2D eigenvalue weighted by Gasteiger charge is 1.96. The molecular formula is C12H15NO2. The van der Waals surface area contributed by atoms with Crippen molar-refractivity contribution in [3.8, 4) is 0 Å². The van der Waals surface area contributed by atoms with Gasteiger partial charge >= 0.3 is 5.97 Å². The SMILES string of the molecule is COC(=O)CCC/C=C/c1cccnc1. The molecule has 1 aromatic rings. The van der Waals surface area contributed by atoms with Gasteiger partial charge in [0, 0.05) is 18.8 Å². The Morgan fingerprint density at radius 2 is 2.47 bits per heavy atom. The third-order valence-corrected chi connectivity index (χ3v) is 1.97. The third-order valence-electron chi connectivity index (χ3n) is 1.97. The Morgan fingerprint density at radius 1 is 1.60 bits per heavy atom. The van der Waals surface area contributed by atoms with Gasteiger partial charge in [0.2, 0.25) is 0 Å². The number of allylic oxidation sites excluding steroid dienone is 1. The number of methoxy groups -OCH3 is 1. The Kier molecular flexibility index (Phi) is 5.15. The summed E-state index contributed by atoms with van der Waals surface area (Å²) >= 11 is 0. The van der Waals surface area contributed by atoms with Crippen molar-refractivity contribution < 1.29 is 9.53 Å². The topological polar surface area (TPSA) is 39.2 Å². The number of ether oxygens (including phenoxy) is 1. The van der Waals surface area contributed by atoms with Gasteiger partial charge < -0.3 is 4.74 Å². The first-order valence-electron chi connectivity index (χ1n) is 4.96. The largest absolute Gasteiger partial charge is 0.469 e. The summed E-state index contributed by atoms with van der Waals surface area (Å²) in [5.74, 6) is -0.148. The third kappa shape index (κ3) is 4.96. The highest BCUT2D eigenvalue weighted by Crippen LogP contribution is 2.03. The molecule has 0 aliphatic heterocycles. The molecule has 15 heavy (non-hydrogen) atoms. The monoisotopic (exact) mass is 205 g/mol. The predicted molar refractivity (Wildman–Crippen MR) is 59.1 cm³/mol. The van der Waals surface area contributed by atoms with Gasteiger partial charge in [0.15, 0.2) is 0 Å². The first-order chi connectivity index (χ1) is 7.33. The Bertz CT molecular complexity index is 320. The summed E-state index contributed by atoms with van der Waals surface area (Å²) in [5, 5.41) is 0. The molecule has 0 spiro atoms. The standard InChI is InChI=1S/C12H15NO2/c1-15-12(14)8-4-2-3-6-11-7-5-9-13-10-11/h3,5-7,9-10H,2,4,8H2,1H3/b6-3+. The van der Waals surface area contributed by atoms with Crippen LogP contribution in [0.25, 0.3) is 6.08 Å². The molecule has 80 valence electrons. The molecule has 1 heterocycles. The van der Waals surface area contributed by atoms with Gasteiger partial charge in [-0.25, -0.2) is 0 Å². The lowest BCUT2D eigenvalue weighted by atomic mass is 10.2. The van der Waals surface area contributed by atoms with Crippen molar-refractivity contribution in [3.63, 3.8) is 0 Å². The lowest BCUT2D eigenvalue weighted by Gasteiger charge is -1.95. The van der Waals surface area contributed by atoms with Crippen LogP contribution in [0.15, 0.2) is 30.6 Å². The second-order valence-corrected chi connectivity index (χ2v) is 3.16. The highest BCUT2D eigenvalue weighted by atomic mass is 16.5. The van der Waals surface area contributed by atoms with Crippen LogP contribution in [0.1, 0.15) is 24.8 Å². The molecule has 3 heteroatoms. The van der Waals surface area contributed by atoms with Crippen LogP contribution in [0.5, 0.6) is 0 Å². The maximum Gasteiger partial charge on any atom is 0.305 e. The van der Waals surface area contributed by atoms with Crippen molar-refractivity contribution in [3.05, 3.63) is 36.2 Å². The van der Waals surface area contributed by atoms with Crippen molar-refractivity contribution >= 4 is 12.0 Å². The number of esters is 1. The van der Waals surface area contributed by atoms with Gasteiger partial charge in [0.25, 0.3) is 0 Å². The second-order valence-electron chi connectivity index (χ2n) is 3.16. The maximum absolute atomic E-state index is 10.8. The van der Waals surface area contributed by atoms with Crippen LogP contribution in [0, 0.1) is 0 Å². The smallest absolute Gasteiger partial charge is 0.305 e. The Balaban J connectivity index is 2.20. The molecule has 3 nitrogen and oxygen atoms in total. The molecule has 1 aromatic heterocycles. The quantitative estimate of drug-likeness (QED) is 0.547. The van der Waals surface area contributed by atoms with Gasteiger partial charge in [-0.1, -0.05) is 18.2 Å². The van der Waals surface area contributed by atoms with E-state index in [4.69, 9.17) is 0 Å². The number of nitrogens with zero attached hydrogens (tertiary/aromatic N) is 1. The van der Waals surface area contributed by atoms with Gasteiger partial charge in [-0.05, 0) is 24.5 Å². The van der Waals surface area contributed by atoms with Crippen LogP contribution in [0.3, 0.4) is 0 Å². The number of carbonyl (C=O) groups is 1. The van der Waals surface area contributed by atoms with Gasteiger partial charge in [0.1, 0.15) is 0 Å². The summed E-state index contributed by atoms with van der Waals surface area (Å²) in [6.45, 7) is 0. The molecular weight excluding hydrogens is 190 g/mol. The van der Waals surface area contributed by atoms with Crippen molar-refractivity contribution in [2.75, 3.05) is 7.11 Å². The van der Waals surface area contributed by atoms with E-state index in [1.807, 2.05) is 24.3 Å². The first-order valence-corrected chi connectivity index (χ1v) is 4.96. The van der Waals surface area contributed by atoms with Gasteiger partial charge in [-0.2, -0.15) is 0 Å². The van der Waals surface area contributed by atoms with E-state index >= 15 is 0 Å². The number of carbonyl (C=O) groups excluding carboxylic acids is 1. The zero-order chi connectivity index (χ0) is 10.9. The van der Waals surface area contributed by atoms with E-state index < -0.39 is 0 Å². The molecule has 0 aliphatic carbocycles. The fourth-order valence-corrected chi connectivity index (χ4v) is 1.16. The number of hydrogen-bond donors (Lipinski definition) is 0. The van der Waals surface area contributed by atoms with Gasteiger partial charge in [-0.3, -0.25) is 9.78 Å². The Hall–Kier alpha value is -1.64. The van der Waals surface area contributed by atoms with Crippen LogP contribution < -0.4 is 0 Å². The van der Waals surface area contributed by atoms with Crippen LogP contribution in [0.4, 0.5) is 0 Å². The molecule has 0 bridgehead atoms. The minimum atomic E-state index is -0.148. The molecule has 0 radical (unpaired) electrons. The summed E-state index contributed by atoms with van der Waals surface area (Å²) in [4.78, 5) is 14.8. The molecule has 0 saturated heterocycles. The van der Waals surface area contributed by atoms with Crippen molar-refractivity contribution in [1.82, 2.24) is 4.98 Å². The first kappa shape index (κ1) is 11.4. The van der Waals surface area contributed by atoms with Crippen molar-refractivity contribution in [2.45, 2.75) is 19.3 Å². The summed E-state index contributed by atoms with van der Waals surface area (Å²) in [5.41, 5.74) is 1.08. The van der Waals surface area contributed by atoms with Crippen molar-refractivity contribution in [2.24, 2.45) is 0 Å². The summed E-state index contributed by atoms with van der Waals surface area (Å²) in [6.07, 6.45) is 9.77. The van der Waals surface area contributed by atoms with Crippen LogP contribution in [-0.2, 0) is 9.53 Å². The molecule has 0 aromatic carbocycles. The molecule has 0 unspecified atom stereocenters. The molecule has 0 saturated carbocycles. The molecule has 0 fully saturated rings. The van der Waals surface area contributed by atoms with E-state index in [2.05, 4.69) is 9.72 Å². The summed E-state index contributed by atoms with van der Waals surface area (Å²) < 4.78 is 4.54. The number of rotatable bonds is 5. The van der Waals surface area contributed by atoms with E-state index in [1.165, 1.54) is 7.11 Å². The number of unbranched alkanes of at least 4 members (excludes halogenated alkanes) is 1. The molecule has 0 N–H and O–H groups in total. The average Bonchev–Trinajstić information content (AvgIpc) is 2.29. The summed E-state index contributed by atoms with van der Waals surface area (Å²) in [7, 11) is 1.41. The zero-order valence-corrected chi connectivity index (χ0v) is 8.85. The van der Waals surface area contributed by atoms with Gasteiger partial charge in [0.05, 0.1) is 7.11 Å². The number of aromatic nitrogens is 1. The van der Waals surface area contributed by atoms with E-state index in [-0.39, 0.29) is 5.97 Å². The maximum atomic E-state index is 10.8. The van der Waals surface area contributed by atoms with Crippen LogP contribution >= 0.6 is 0 Å². The zero-order valence-electron chi connectivity index (χ0n) is 8.85. The molecule has 0 atom stereocenters. The van der Waals surface area contributed by atoms with E-state index in [1.54, 1.807) is 12.4 Å². The fourth-order valence-electron chi connectivity index (χ4n) is 1.16. The van der Waals surface area contributed by atoms with E-state index in [0.29, 0.717) is 6.42 Å². The minimum absolute atomic E-state index is 0.148. The fraction of sp³-hybridized carbons (Fsp3) is 0.333.